The highest BCUT2D eigenvalue weighted by atomic mass is 32.1. The van der Waals surface area contributed by atoms with E-state index in [2.05, 4.69) is 0 Å². The molecule has 6 rings (SSSR count). The molecule has 1 aliphatic rings. The van der Waals surface area contributed by atoms with Crippen LogP contribution >= 0.6 is 11.3 Å². The predicted molar refractivity (Wildman–Crippen MR) is 181 cm³/mol. The Bertz CT molecular complexity index is 2190. The summed E-state index contributed by atoms with van der Waals surface area (Å²) < 4.78 is 29.6. The molecule has 0 saturated heterocycles. The lowest BCUT2D eigenvalue weighted by atomic mass is 9.93. The van der Waals surface area contributed by atoms with Crippen LogP contribution in [0.25, 0.3) is 23.1 Å². The fourth-order valence-electron chi connectivity index (χ4n) is 5.48. The number of nitrogens with zero attached hydrogens (tertiary/aromatic N) is 2. The molecule has 48 heavy (non-hydrogen) atoms. The highest BCUT2D eigenvalue weighted by Gasteiger charge is 2.35. The van der Waals surface area contributed by atoms with Crippen molar-refractivity contribution in [3.05, 3.63) is 133 Å². The Hall–Kier alpha value is -5.68. The van der Waals surface area contributed by atoms with Crippen LogP contribution in [0.15, 0.2) is 105 Å². The Morgan fingerprint density at radius 3 is 2.25 bits per heavy atom. The number of rotatable bonds is 10. The standard InChI is InChI=1S/C37H32N2O8S/c1-5-45-35(41)24-14-12-22(13-15-24)27-19-17-26(47-27)21-30-34(40)39-33(25-16-18-28(43-3)29(20-25)44-4)31(36(42)46-6-2)32(38-37(39)48-30)23-10-8-7-9-11-23/h7-21,33H,5-6H2,1-4H3/b30-21-. The summed E-state index contributed by atoms with van der Waals surface area (Å²) >= 11 is 1.19. The highest BCUT2D eigenvalue weighted by Crippen LogP contribution is 2.38. The number of methoxy groups -OCH3 is 2. The number of esters is 2. The Kier molecular flexibility index (Phi) is 9.40. The first-order valence-corrected chi connectivity index (χ1v) is 16.1. The van der Waals surface area contributed by atoms with Crippen molar-refractivity contribution in [1.29, 1.82) is 0 Å². The maximum Gasteiger partial charge on any atom is 0.338 e. The summed E-state index contributed by atoms with van der Waals surface area (Å²) in [6, 6.07) is 24.2. The average molecular weight is 665 g/mol. The minimum Gasteiger partial charge on any atom is -0.493 e. The number of ether oxygens (including phenoxy) is 4. The minimum atomic E-state index is -0.887. The second-order valence-electron chi connectivity index (χ2n) is 10.5. The quantitative estimate of drug-likeness (QED) is 0.183. The van der Waals surface area contributed by atoms with Crippen LogP contribution in [0.2, 0.25) is 0 Å². The molecule has 3 heterocycles. The Morgan fingerprint density at radius 2 is 1.56 bits per heavy atom. The number of carbonyl (C=O) groups is 2. The fourth-order valence-corrected chi connectivity index (χ4v) is 6.46. The third kappa shape index (κ3) is 6.19. The molecule has 5 aromatic rings. The largest absolute Gasteiger partial charge is 0.493 e. The van der Waals surface area contributed by atoms with E-state index in [9.17, 15) is 14.4 Å². The lowest BCUT2D eigenvalue weighted by Crippen LogP contribution is -2.40. The molecule has 0 amide bonds. The van der Waals surface area contributed by atoms with Crippen LogP contribution in [-0.2, 0) is 14.3 Å². The van der Waals surface area contributed by atoms with Crippen molar-refractivity contribution in [1.82, 2.24) is 4.57 Å². The van der Waals surface area contributed by atoms with E-state index < -0.39 is 18.0 Å². The van der Waals surface area contributed by atoms with Gasteiger partial charge in [-0.2, -0.15) is 0 Å². The molecule has 0 fully saturated rings. The summed E-state index contributed by atoms with van der Waals surface area (Å²) in [5, 5.41) is 0. The van der Waals surface area contributed by atoms with Gasteiger partial charge in [-0.25, -0.2) is 14.6 Å². The molecular weight excluding hydrogens is 632 g/mol. The van der Waals surface area contributed by atoms with E-state index in [1.165, 1.54) is 30.1 Å². The van der Waals surface area contributed by atoms with Gasteiger partial charge >= 0.3 is 11.9 Å². The smallest absolute Gasteiger partial charge is 0.338 e. The van der Waals surface area contributed by atoms with E-state index >= 15 is 0 Å². The molecule has 0 spiro atoms. The number of thiazole rings is 1. The fraction of sp³-hybridized carbons (Fsp3) is 0.189. The number of aromatic nitrogens is 1. The Morgan fingerprint density at radius 1 is 0.854 bits per heavy atom. The monoisotopic (exact) mass is 664 g/mol. The number of benzene rings is 3. The van der Waals surface area contributed by atoms with E-state index in [0.29, 0.717) is 61.3 Å². The van der Waals surface area contributed by atoms with E-state index in [-0.39, 0.29) is 17.7 Å². The maximum absolute atomic E-state index is 14.2. The Labute approximate surface area is 279 Å². The molecule has 2 aromatic heterocycles. The lowest BCUT2D eigenvalue weighted by molar-refractivity contribution is -0.138. The summed E-state index contributed by atoms with van der Waals surface area (Å²) in [5.74, 6) is 0.968. The molecule has 0 N–H and O–H groups in total. The summed E-state index contributed by atoms with van der Waals surface area (Å²) in [6.45, 7) is 3.92. The van der Waals surface area contributed by atoms with Crippen LogP contribution < -0.4 is 24.4 Å². The van der Waals surface area contributed by atoms with Crippen LogP contribution in [0.1, 0.15) is 47.1 Å². The summed E-state index contributed by atoms with van der Waals surface area (Å²) in [6.07, 6.45) is 1.65. The summed E-state index contributed by atoms with van der Waals surface area (Å²) in [4.78, 5) is 45.3. The number of hydrogen-bond acceptors (Lipinski definition) is 10. The van der Waals surface area contributed by atoms with Crippen molar-refractivity contribution in [2.45, 2.75) is 19.9 Å². The first-order chi connectivity index (χ1) is 23.4. The lowest BCUT2D eigenvalue weighted by Gasteiger charge is -2.26. The van der Waals surface area contributed by atoms with Gasteiger partial charge in [0.05, 0.1) is 54.8 Å². The molecule has 1 unspecified atom stereocenters. The maximum atomic E-state index is 14.2. The van der Waals surface area contributed by atoms with Crippen LogP contribution in [0.3, 0.4) is 0 Å². The van der Waals surface area contributed by atoms with Crippen LogP contribution in [0, 0.1) is 0 Å². The second kappa shape index (κ2) is 14.0. The van der Waals surface area contributed by atoms with Crippen molar-refractivity contribution < 1.29 is 33.0 Å². The van der Waals surface area contributed by atoms with Crippen LogP contribution in [-0.4, -0.2) is 43.9 Å². The summed E-state index contributed by atoms with van der Waals surface area (Å²) in [7, 11) is 3.06. The average Bonchev–Trinajstić information content (AvgIpc) is 3.71. The molecule has 244 valence electrons. The summed E-state index contributed by atoms with van der Waals surface area (Å²) in [5.41, 5.74) is 2.78. The van der Waals surface area contributed by atoms with Gasteiger partial charge in [0.1, 0.15) is 11.5 Å². The van der Waals surface area contributed by atoms with Gasteiger partial charge in [0.15, 0.2) is 16.3 Å². The van der Waals surface area contributed by atoms with E-state index in [4.69, 9.17) is 28.4 Å². The van der Waals surface area contributed by atoms with Crippen molar-refractivity contribution in [2.75, 3.05) is 27.4 Å². The van der Waals surface area contributed by atoms with Crippen LogP contribution in [0.5, 0.6) is 11.5 Å². The zero-order valence-electron chi connectivity index (χ0n) is 26.7. The highest BCUT2D eigenvalue weighted by molar-refractivity contribution is 7.07. The number of carbonyl (C=O) groups excluding carboxylic acids is 2. The molecule has 0 radical (unpaired) electrons. The normalized spacial score (nSPS) is 14.2. The molecule has 0 saturated carbocycles. The number of fused-ring (bicyclic) bond motifs is 1. The minimum absolute atomic E-state index is 0.139. The number of hydrogen-bond donors (Lipinski definition) is 0. The topological polar surface area (TPSA) is 119 Å². The molecule has 10 nitrogen and oxygen atoms in total. The van der Waals surface area contributed by atoms with Crippen molar-refractivity contribution in [3.63, 3.8) is 0 Å². The SMILES string of the molecule is CCOC(=O)C1=C(c2ccccc2)N=c2s/c(=C\c3ccc(-c4ccc(C(=O)OCC)cc4)o3)c(=O)n2C1c1ccc(OC)c(OC)c1. The van der Waals surface area contributed by atoms with E-state index in [1.807, 2.05) is 30.3 Å². The van der Waals surface area contributed by atoms with Crippen molar-refractivity contribution in [2.24, 2.45) is 4.99 Å². The van der Waals surface area contributed by atoms with Gasteiger partial charge in [-0.05, 0) is 55.8 Å². The molecule has 0 aliphatic carbocycles. The van der Waals surface area contributed by atoms with Gasteiger partial charge in [-0.1, -0.05) is 59.9 Å². The van der Waals surface area contributed by atoms with Gasteiger partial charge in [-0.3, -0.25) is 9.36 Å². The molecule has 1 atom stereocenters. The van der Waals surface area contributed by atoms with Gasteiger partial charge in [-0.15, -0.1) is 0 Å². The molecular formula is C37H32N2O8S. The predicted octanol–water partition coefficient (Wildman–Crippen LogP) is 5.39. The molecule has 11 heteroatoms. The second-order valence-corrected chi connectivity index (χ2v) is 11.6. The van der Waals surface area contributed by atoms with Crippen molar-refractivity contribution >= 4 is 35.0 Å². The third-order valence-electron chi connectivity index (χ3n) is 7.68. The molecule has 0 bridgehead atoms. The van der Waals surface area contributed by atoms with Gasteiger partial charge in [0.2, 0.25) is 0 Å². The first-order valence-electron chi connectivity index (χ1n) is 15.2. The zero-order valence-corrected chi connectivity index (χ0v) is 27.5. The van der Waals surface area contributed by atoms with E-state index in [1.54, 1.807) is 74.5 Å². The van der Waals surface area contributed by atoms with E-state index in [0.717, 1.165) is 5.56 Å². The third-order valence-corrected chi connectivity index (χ3v) is 8.66. The first kappa shape index (κ1) is 32.3. The molecule has 1 aliphatic heterocycles. The zero-order chi connectivity index (χ0) is 33.8. The van der Waals surface area contributed by atoms with Crippen molar-refractivity contribution in [3.8, 4) is 22.8 Å². The van der Waals surface area contributed by atoms with Gasteiger partial charge in [0, 0.05) is 17.2 Å². The number of furan rings is 1. The van der Waals surface area contributed by atoms with Crippen LogP contribution in [0.4, 0.5) is 0 Å². The Balaban J connectivity index is 1.50. The molecule has 3 aromatic carbocycles. The van der Waals surface area contributed by atoms with Gasteiger partial charge in [0.25, 0.3) is 5.56 Å². The van der Waals surface area contributed by atoms with Gasteiger partial charge < -0.3 is 23.4 Å².